The lowest BCUT2D eigenvalue weighted by Crippen LogP contribution is -2.58. The molecule has 0 heterocycles. The van der Waals surface area contributed by atoms with E-state index in [2.05, 4.69) is 16.0 Å². The molecule has 0 aromatic carbocycles. The maximum atomic E-state index is 12.8. The molecule has 0 spiro atoms. The second-order valence-electron chi connectivity index (χ2n) is 8.54. The van der Waals surface area contributed by atoms with E-state index in [4.69, 9.17) is 11.5 Å². The first-order valence-corrected chi connectivity index (χ1v) is 11.2. The molecule has 0 bridgehead atoms. The topological polar surface area (TPSA) is 197 Å². The van der Waals surface area contributed by atoms with Gasteiger partial charge in [-0.2, -0.15) is 0 Å². The van der Waals surface area contributed by atoms with Gasteiger partial charge in [-0.1, -0.05) is 40.5 Å². The first-order valence-electron chi connectivity index (χ1n) is 11.2. The van der Waals surface area contributed by atoms with Crippen molar-refractivity contribution in [3.63, 3.8) is 0 Å². The van der Waals surface area contributed by atoms with E-state index in [-0.39, 0.29) is 18.3 Å². The van der Waals surface area contributed by atoms with Crippen LogP contribution in [0, 0.1) is 11.8 Å². The zero-order chi connectivity index (χ0) is 24.8. The van der Waals surface area contributed by atoms with Gasteiger partial charge in [0.05, 0.1) is 12.6 Å². The van der Waals surface area contributed by atoms with E-state index < -0.39 is 54.5 Å². The van der Waals surface area contributed by atoms with Crippen LogP contribution >= 0.6 is 0 Å². The van der Waals surface area contributed by atoms with E-state index in [0.717, 1.165) is 6.42 Å². The Balaban J connectivity index is 5.20. The Labute approximate surface area is 190 Å². The van der Waals surface area contributed by atoms with Crippen molar-refractivity contribution < 1.29 is 29.4 Å². The lowest BCUT2D eigenvalue weighted by Gasteiger charge is -2.26. The van der Waals surface area contributed by atoms with Gasteiger partial charge in [0.2, 0.25) is 17.7 Å². The normalized spacial score (nSPS) is 15.9. The molecule has 11 heteroatoms. The van der Waals surface area contributed by atoms with Crippen molar-refractivity contribution in [1.29, 1.82) is 0 Å². The molecule has 0 aromatic heterocycles. The number of rotatable bonds is 16. The standard InChI is InChI=1S/C21H41N5O6/c1-5-13(4)17(21(31)32)26-20(30)16(11-27)25-19(29)15(10-12(2)3)24-18(28)14(23)8-6-7-9-22/h12-17,27H,5-11,22-23H2,1-4H3,(H,24,28)(H,25,29)(H,26,30)(H,31,32). The molecule has 0 rings (SSSR count). The van der Waals surface area contributed by atoms with Gasteiger partial charge in [0.25, 0.3) is 0 Å². The zero-order valence-electron chi connectivity index (χ0n) is 19.6. The van der Waals surface area contributed by atoms with Gasteiger partial charge in [-0.15, -0.1) is 0 Å². The number of hydrogen-bond acceptors (Lipinski definition) is 7. The molecule has 9 N–H and O–H groups in total. The molecule has 11 nitrogen and oxygen atoms in total. The molecule has 0 aliphatic heterocycles. The monoisotopic (exact) mass is 459 g/mol. The summed E-state index contributed by atoms with van der Waals surface area (Å²) in [5.74, 6) is -3.48. The second kappa shape index (κ2) is 15.5. The molecule has 0 aliphatic rings. The molecule has 32 heavy (non-hydrogen) atoms. The first kappa shape index (κ1) is 29.8. The minimum atomic E-state index is -1.36. The number of carbonyl (C=O) groups excluding carboxylic acids is 3. The van der Waals surface area contributed by atoms with Crippen LogP contribution in [0.15, 0.2) is 0 Å². The minimum Gasteiger partial charge on any atom is -0.480 e. The number of nitrogens with two attached hydrogens (primary N) is 2. The summed E-state index contributed by atoms with van der Waals surface area (Å²) < 4.78 is 0. The van der Waals surface area contributed by atoms with Crippen LogP contribution < -0.4 is 27.4 Å². The fourth-order valence-corrected chi connectivity index (χ4v) is 3.02. The summed E-state index contributed by atoms with van der Waals surface area (Å²) in [6.07, 6.45) is 2.64. The molecule has 0 saturated heterocycles. The fourth-order valence-electron chi connectivity index (χ4n) is 3.02. The Bertz CT molecular complexity index is 615. The van der Waals surface area contributed by atoms with Crippen molar-refractivity contribution in [3.05, 3.63) is 0 Å². The molecule has 0 saturated carbocycles. The van der Waals surface area contributed by atoms with Crippen LogP contribution in [0.3, 0.4) is 0 Å². The molecule has 186 valence electrons. The number of carboxylic acid groups (broad SMARTS) is 1. The zero-order valence-corrected chi connectivity index (χ0v) is 19.6. The van der Waals surface area contributed by atoms with Crippen LogP contribution in [0.25, 0.3) is 0 Å². The van der Waals surface area contributed by atoms with Gasteiger partial charge in [0.15, 0.2) is 0 Å². The number of carboxylic acids is 1. The molecule has 5 unspecified atom stereocenters. The Morgan fingerprint density at radius 1 is 0.906 bits per heavy atom. The smallest absolute Gasteiger partial charge is 0.326 e. The molecular formula is C21H41N5O6. The molecule has 0 aliphatic carbocycles. The van der Waals surface area contributed by atoms with Crippen LogP contribution in [0.2, 0.25) is 0 Å². The average Bonchev–Trinajstić information content (AvgIpc) is 2.73. The van der Waals surface area contributed by atoms with Crippen LogP contribution in [0.4, 0.5) is 0 Å². The summed E-state index contributed by atoms with van der Waals surface area (Å²) in [5.41, 5.74) is 11.3. The Morgan fingerprint density at radius 3 is 1.94 bits per heavy atom. The van der Waals surface area contributed by atoms with Crippen molar-refractivity contribution in [2.45, 2.75) is 84.0 Å². The van der Waals surface area contributed by atoms with E-state index in [1.165, 1.54) is 0 Å². The number of amides is 3. The maximum Gasteiger partial charge on any atom is 0.326 e. The number of unbranched alkanes of at least 4 members (excludes halogenated alkanes) is 1. The Morgan fingerprint density at radius 2 is 1.47 bits per heavy atom. The molecular weight excluding hydrogens is 418 g/mol. The number of aliphatic hydroxyl groups excluding tert-OH is 1. The Hall–Kier alpha value is -2.24. The maximum absolute atomic E-state index is 12.8. The summed E-state index contributed by atoms with van der Waals surface area (Å²) in [5, 5.41) is 26.3. The molecule has 0 aromatic rings. The molecule has 0 fully saturated rings. The summed E-state index contributed by atoms with van der Waals surface area (Å²) in [7, 11) is 0. The van der Waals surface area contributed by atoms with Crippen LogP contribution in [-0.2, 0) is 19.2 Å². The van der Waals surface area contributed by atoms with Gasteiger partial charge in [-0.05, 0) is 37.6 Å². The highest BCUT2D eigenvalue weighted by Gasteiger charge is 2.31. The van der Waals surface area contributed by atoms with Gasteiger partial charge in [0.1, 0.15) is 18.1 Å². The number of hydrogen-bond donors (Lipinski definition) is 7. The Kier molecular flexibility index (Phi) is 14.5. The molecule has 3 amide bonds. The van der Waals surface area contributed by atoms with Crippen molar-refractivity contribution in [1.82, 2.24) is 16.0 Å². The van der Waals surface area contributed by atoms with Gasteiger partial charge in [-0.25, -0.2) is 4.79 Å². The highest BCUT2D eigenvalue weighted by atomic mass is 16.4. The van der Waals surface area contributed by atoms with E-state index >= 15 is 0 Å². The SMILES string of the molecule is CCC(C)C(NC(=O)C(CO)NC(=O)C(CC(C)C)NC(=O)C(N)CCCCN)C(=O)O. The lowest BCUT2D eigenvalue weighted by molar-refractivity contribution is -0.144. The van der Waals surface area contributed by atoms with Crippen LogP contribution in [0.1, 0.15) is 59.8 Å². The average molecular weight is 460 g/mol. The quantitative estimate of drug-likeness (QED) is 0.144. The molecule has 0 radical (unpaired) electrons. The minimum absolute atomic E-state index is 0.0442. The van der Waals surface area contributed by atoms with E-state index in [9.17, 15) is 29.4 Å². The predicted octanol–water partition coefficient (Wildman–Crippen LogP) is -0.934. The van der Waals surface area contributed by atoms with E-state index in [1.54, 1.807) is 13.8 Å². The van der Waals surface area contributed by atoms with Crippen LogP contribution in [-0.4, -0.2) is 71.2 Å². The van der Waals surface area contributed by atoms with E-state index in [0.29, 0.717) is 25.8 Å². The van der Waals surface area contributed by atoms with Crippen molar-refractivity contribution in [3.8, 4) is 0 Å². The largest absolute Gasteiger partial charge is 0.480 e. The van der Waals surface area contributed by atoms with Gasteiger partial charge >= 0.3 is 5.97 Å². The number of nitrogens with one attached hydrogen (secondary N) is 3. The van der Waals surface area contributed by atoms with Crippen molar-refractivity contribution in [2.75, 3.05) is 13.2 Å². The summed E-state index contributed by atoms with van der Waals surface area (Å²) >= 11 is 0. The van der Waals surface area contributed by atoms with Gasteiger partial charge in [-0.3, -0.25) is 14.4 Å². The summed E-state index contributed by atoms with van der Waals surface area (Å²) in [6.45, 7) is 6.97. The third-order valence-electron chi connectivity index (χ3n) is 5.24. The third kappa shape index (κ3) is 10.9. The predicted molar refractivity (Wildman–Crippen MR) is 120 cm³/mol. The van der Waals surface area contributed by atoms with E-state index in [1.807, 2.05) is 13.8 Å². The number of aliphatic hydroxyl groups is 1. The summed E-state index contributed by atoms with van der Waals surface area (Å²) in [4.78, 5) is 49.1. The van der Waals surface area contributed by atoms with Crippen molar-refractivity contribution >= 4 is 23.7 Å². The second-order valence-corrected chi connectivity index (χ2v) is 8.54. The lowest BCUT2D eigenvalue weighted by atomic mass is 9.99. The third-order valence-corrected chi connectivity index (χ3v) is 5.24. The van der Waals surface area contributed by atoms with Crippen molar-refractivity contribution in [2.24, 2.45) is 23.3 Å². The highest BCUT2D eigenvalue weighted by molar-refractivity contribution is 5.94. The summed E-state index contributed by atoms with van der Waals surface area (Å²) in [6, 6.07) is -4.28. The first-order chi connectivity index (χ1) is 15.0. The number of carbonyl (C=O) groups is 4. The van der Waals surface area contributed by atoms with Gasteiger partial charge in [0, 0.05) is 0 Å². The van der Waals surface area contributed by atoms with Crippen LogP contribution in [0.5, 0.6) is 0 Å². The van der Waals surface area contributed by atoms with Gasteiger partial charge < -0.3 is 37.6 Å². The molecule has 5 atom stereocenters. The highest BCUT2D eigenvalue weighted by Crippen LogP contribution is 2.09. The fraction of sp³-hybridized carbons (Fsp3) is 0.810. The number of aliphatic carboxylic acids is 1.